The van der Waals surface area contributed by atoms with Gasteiger partial charge in [0, 0.05) is 36.5 Å². The van der Waals surface area contributed by atoms with Crippen LogP contribution in [0.2, 0.25) is 0 Å². The summed E-state index contributed by atoms with van der Waals surface area (Å²) >= 11 is 0. The molecule has 0 saturated heterocycles. The second kappa shape index (κ2) is 21.0. The molecule has 0 aromatic heterocycles. The van der Waals surface area contributed by atoms with Gasteiger partial charge in [-0.05, 0) is 53.4 Å². The van der Waals surface area contributed by atoms with Crippen LogP contribution in [0.25, 0.3) is 0 Å². The maximum atomic E-state index is 13.2. The third kappa shape index (κ3) is 14.7. The van der Waals surface area contributed by atoms with Gasteiger partial charge < -0.3 is 37.9 Å². The Morgan fingerprint density at radius 3 is 0.860 bits per heavy atom. The Hall–Kier alpha value is -4.30. The lowest BCUT2D eigenvalue weighted by atomic mass is 9.82. The standard InChI is InChI=1S/C36H52O14/c1-23(2)29(37)45-17-35(15-43-9,18-46-30(38)24(3)4)21-49-33(41)27-11-13-28(14-12-27)34(42)50-22-36(16-44-10,19-47-31(39)25(5)6)20-48-32(40)26(7)8/h27-28H,1,3,5,7,11-22H2,2,4,6,8-10H3. The highest BCUT2D eigenvalue weighted by molar-refractivity contribution is 5.88. The van der Waals surface area contributed by atoms with E-state index in [1.165, 1.54) is 41.9 Å². The van der Waals surface area contributed by atoms with Crippen LogP contribution in [0.5, 0.6) is 0 Å². The van der Waals surface area contributed by atoms with Gasteiger partial charge in [0.1, 0.15) is 39.6 Å². The van der Waals surface area contributed by atoms with E-state index in [-0.39, 0.29) is 75.1 Å². The maximum Gasteiger partial charge on any atom is 0.333 e. The molecule has 0 aromatic rings. The van der Waals surface area contributed by atoms with E-state index < -0.39 is 58.5 Å². The van der Waals surface area contributed by atoms with Crippen molar-refractivity contribution in [3.05, 3.63) is 48.6 Å². The summed E-state index contributed by atoms with van der Waals surface area (Å²) in [6.45, 7) is 18.3. The zero-order valence-corrected chi connectivity index (χ0v) is 30.2. The lowest BCUT2D eigenvalue weighted by Crippen LogP contribution is -2.44. The van der Waals surface area contributed by atoms with Gasteiger partial charge in [-0.25, -0.2) is 19.2 Å². The molecule has 0 amide bonds. The number of rotatable bonds is 22. The van der Waals surface area contributed by atoms with Crippen molar-refractivity contribution in [1.82, 2.24) is 0 Å². The number of hydrogen-bond acceptors (Lipinski definition) is 14. The van der Waals surface area contributed by atoms with Crippen molar-refractivity contribution in [2.24, 2.45) is 22.7 Å². The highest BCUT2D eigenvalue weighted by Gasteiger charge is 2.40. The fraction of sp³-hybridized carbons (Fsp3) is 0.611. The Morgan fingerprint density at radius 2 is 0.660 bits per heavy atom. The molecule has 0 heterocycles. The number of carbonyl (C=O) groups excluding carboxylic acids is 6. The molecule has 0 atom stereocenters. The molecule has 0 radical (unpaired) electrons. The van der Waals surface area contributed by atoms with E-state index in [1.807, 2.05) is 0 Å². The fourth-order valence-electron chi connectivity index (χ4n) is 4.73. The van der Waals surface area contributed by atoms with Gasteiger partial charge in [-0.2, -0.15) is 0 Å². The Kier molecular flexibility index (Phi) is 18.4. The van der Waals surface area contributed by atoms with E-state index in [2.05, 4.69) is 26.3 Å². The van der Waals surface area contributed by atoms with Gasteiger partial charge in [0.25, 0.3) is 0 Å². The summed E-state index contributed by atoms with van der Waals surface area (Å²) in [5.74, 6) is -4.83. The minimum Gasteiger partial charge on any atom is -0.465 e. The van der Waals surface area contributed by atoms with Crippen LogP contribution in [0.4, 0.5) is 0 Å². The Balaban J connectivity index is 2.93. The van der Waals surface area contributed by atoms with Crippen molar-refractivity contribution >= 4 is 35.8 Å². The summed E-state index contributed by atoms with van der Waals surface area (Å²) in [5, 5.41) is 0. The topological polar surface area (TPSA) is 176 Å². The molecule has 0 spiro atoms. The molecule has 0 aromatic carbocycles. The van der Waals surface area contributed by atoms with Crippen molar-refractivity contribution < 1.29 is 66.7 Å². The molecular formula is C36H52O14. The number of methoxy groups -OCH3 is 2. The van der Waals surface area contributed by atoms with Crippen molar-refractivity contribution in [2.75, 3.05) is 67.1 Å². The highest BCUT2D eigenvalue weighted by Crippen LogP contribution is 2.32. The van der Waals surface area contributed by atoms with Crippen LogP contribution in [0.3, 0.4) is 0 Å². The molecule has 1 rings (SSSR count). The van der Waals surface area contributed by atoms with Gasteiger partial charge in [0.2, 0.25) is 0 Å². The second-order valence-electron chi connectivity index (χ2n) is 13.1. The van der Waals surface area contributed by atoms with Gasteiger partial charge in [-0.3, -0.25) is 9.59 Å². The largest absolute Gasteiger partial charge is 0.465 e. The van der Waals surface area contributed by atoms with Crippen LogP contribution in [0.1, 0.15) is 53.4 Å². The normalized spacial score (nSPS) is 15.9. The summed E-state index contributed by atoms with van der Waals surface area (Å²) in [5.41, 5.74) is -1.80. The van der Waals surface area contributed by atoms with Crippen LogP contribution >= 0.6 is 0 Å². The third-order valence-corrected chi connectivity index (χ3v) is 7.77. The predicted molar refractivity (Wildman–Crippen MR) is 179 cm³/mol. The molecule has 0 N–H and O–H groups in total. The van der Waals surface area contributed by atoms with E-state index in [4.69, 9.17) is 37.9 Å². The molecule has 14 nitrogen and oxygen atoms in total. The lowest BCUT2D eigenvalue weighted by Gasteiger charge is -2.33. The number of esters is 6. The number of ether oxygens (including phenoxy) is 8. The van der Waals surface area contributed by atoms with E-state index in [9.17, 15) is 28.8 Å². The van der Waals surface area contributed by atoms with Gasteiger partial charge in [0.15, 0.2) is 0 Å². The average Bonchev–Trinajstić information content (AvgIpc) is 3.08. The van der Waals surface area contributed by atoms with Crippen LogP contribution in [0.15, 0.2) is 48.6 Å². The third-order valence-electron chi connectivity index (χ3n) is 7.77. The van der Waals surface area contributed by atoms with E-state index in [0.717, 1.165) is 0 Å². The first-order chi connectivity index (χ1) is 23.4. The fourth-order valence-corrected chi connectivity index (χ4v) is 4.73. The van der Waals surface area contributed by atoms with Gasteiger partial charge in [-0.1, -0.05) is 26.3 Å². The quantitative estimate of drug-likeness (QED) is 0.0905. The molecule has 50 heavy (non-hydrogen) atoms. The van der Waals surface area contributed by atoms with E-state index >= 15 is 0 Å². The van der Waals surface area contributed by atoms with Gasteiger partial charge in [0.05, 0.1) is 35.9 Å². The van der Waals surface area contributed by atoms with Crippen LogP contribution < -0.4 is 0 Å². The smallest absolute Gasteiger partial charge is 0.333 e. The summed E-state index contributed by atoms with van der Waals surface area (Å²) in [6.07, 6.45) is 1.28. The van der Waals surface area contributed by atoms with Crippen LogP contribution in [0, 0.1) is 22.7 Å². The molecule has 0 aliphatic heterocycles. The first-order valence-electron chi connectivity index (χ1n) is 16.0. The minimum atomic E-state index is -1.21. The SMILES string of the molecule is C=C(C)C(=O)OCC(COC)(COC(=O)C(=C)C)COC(=O)C1CCC(C(=O)OCC(COC)(COC(=O)C(=C)C)COC(=O)C(=C)C)CC1. The molecule has 280 valence electrons. The summed E-state index contributed by atoms with van der Waals surface area (Å²) in [7, 11) is 2.81. The summed E-state index contributed by atoms with van der Waals surface area (Å²) < 4.78 is 43.3. The van der Waals surface area contributed by atoms with Crippen LogP contribution in [-0.2, 0) is 66.7 Å². The van der Waals surface area contributed by atoms with Crippen molar-refractivity contribution in [2.45, 2.75) is 53.4 Å². The molecule has 0 bridgehead atoms. The summed E-state index contributed by atoms with van der Waals surface area (Å²) in [6, 6.07) is 0. The Bertz CT molecular complexity index is 1130. The zero-order chi connectivity index (χ0) is 38.1. The lowest BCUT2D eigenvalue weighted by molar-refractivity contribution is -0.171. The minimum absolute atomic E-state index is 0.0742. The zero-order valence-electron chi connectivity index (χ0n) is 30.2. The number of hydrogen-bond donors (Lipinski definition) is 0. The van der Waals surface area contributed by atoms with E-state index in [0.29, 0.717) is 25.7 Å². The van der Waals surface area contributed by atoms with Crippen molar-refractivity contribution in [3.63, 3.8) is 0 Å². The van der Waals surface area contributed by atoms with Crippen LogP contribution in [-0.4, -0.2) is 103 Å². The number of carbonyl (C=O) groups is 6. The molecule has 0 unspecified atom stereocenters. The highest BCUT2D eigenvalue weighted by atomic mass is 16.6. The predicted octanol–water partition coefficient (Wildman–Crippen LogP) is 3.62. The van der Waals surface area contributed by atoms with Crippen molar-refractivity contribution in [1.29, 1.82) is 0 Å². The second-order valence-corrected chi connectivity index (χ2v) is 13.1. The molecule has 1 fully saturated rings. The molecule has 1 aliphatic rings. The first kappa shape index (κ1) is 43.7. The van der Waals surface area contributed by atoms with E-state index in [1.54, 1.807) is 0 Å². The maximum absolute atomic E-state index is 13.2. The molecular weight excluding hydrogens is 656 g/mol. The molecule has 1 aliphatic carbocycles. The van der Waals surface area contributed by atoms with Gasteiger partial charge >= 0.3 is 35.8 Å². The van der Waals surface area contributed by atoms with Crippen molar-refractivity contribution in [3.8, 4) is 0 Å². The summed E-state index contributed by atoms with van der Waals surface area (Å²) in [4.78, 5) is 74.9. The Morgan fingerprint density at radius 1 is 0.440 bits per heavy atom. The molecule has 14 heteroatoms. The first-order valence-corrected chi connectivity index (χ1v) is 16.0. The monoisotopic (exact) mass is 708 g/mol. The molecule has 1 saturated carbocycles. The van der Waals surface area contributed by atoms with Gasteiger partial charge in [-0.15, -0.1) is 0 Å². The average molecular weight is 709 g/mol. The Labute approximate surface area is 294 Å².